The van der Waals surface area contributed by atoms with Crippen molar-refractivity contribution >= 4 is 23.6 Å². The number of ether oxygens (including phenoxy) is 1. The van der Waals surface area contributed by atoms with Gasteiger partial charge in [0.25, 0.3) is 5.91 Å². The Hall–Kier alpha value is -0.750. The maximum Gasteiger partial charge on any atom is 0.327 e. The fraction of sp³-hybridized carbons (Fsp3) is 0.778. The number of carbonyl (C=O) groups is 2. The van der Waals surface area contributed by atoms with Crippen LogP contribution < -0.4 is 0 Å². The first-order valence-corrected chi connectivity index (χ1v) is 5.73. The summed E-state index contributed by atoms with van der Waals surface area (Å²) in [7, 11) is 1.44. The van der Waals surface area contributed by atoms with Crippen LogP contribution in [0.5, 0.6) is 0 Å². The van der Waals surface area contributed by atoms with E-state index in [0.29, 0.717) is 5.75 Å². The lowest BCUT2D eigenvalue weighted by atomic mass is 10.2. The number of hydrogen-bond donors (Lipinski definition) is 1. The molecule has 1 saturated heterocycles. The summed E-state index contributed by atoms with van der Waals surface area (Å²) >= 11 is 1.47. The van der Waals surface area contributed by atoms with Gasteiger partial charge in [-0.05, 0) is 13.8 Å². The minimum Gasteiger partial charge on any atom is -0.480 e. The summed E-state index contributed by atoms with van der Waals surface area (Å²) in [4.78, 5) is 24.1. The zero-order valence-electron chi connectivity index (χ0n) is 8.97. The number of carboxylic acid groups (broad SMARTS) is 1. The van der Waals surface area contributed by atoms with Crippen LogP contribution in [0, 0.1) is 0 Å². The van der Waals surface area contributed by atoms with Crippen LogP contribution in [0.25, 0.3) is 0 Å². The number of carboxylic acids is 1. The Bertz CT molecular complexity index is 271. The van der Waals surface area contributed by atoms with Gasteiger partial charge in [0.2, 0.25) is 0 Å². The van der Waals surface area contributed by atoms with Crippen LogP contribution >= 0.6 is 11.8 Å². The fourth-order valence-corrected chi connectivity index (χ4v) is 2.65. The van der Waals surface area contributed by atoms with Gasteiger partial charge in [0, 0.05) is 12.9 Å². The van der Waals surface area contributed by atoms with Crippen molar-refractivity contribution in [2.75, 3.05) is 12.9 Å². The van der Waals surface area contributed by atoms with Crippen molar-refractivity contribution < 1.29 is 19.4 Å². The number of nitrogens with zero attached hydrogens (tertiary/aromatic N) is 1. The summed E-state index contributed by atoms with van der Waals surface area (Å²) in [6.07, 6.45) is -0.590. The molecule has 1 fully saturated rings. The monoisotopic (exact) mass is 233 g/mol. The first-order chi connectivity index (χ1) is 6.99. The predicted molar refractivity (Wildman–Crippen MR) is 56.7 cm³/mol. The van der Waals surface area contributed by atoms with Crippen molar-refractivity contribution in [2.45, 2.75) is 31.4 Å². The van der Waals surface area contributed by atoms with Gasteiger partial charge in [0.15, 0.2) is 0 Å². The highest BCUT2D eigenvalue weighted by Gasteiger charge is 2.40. The van der Waals surface area contributed by atoms with Gasteiger partial charge in [-0.1, -0.05) is 0 Å². The summed E-state index contributed by atoms with van der Waals surface area (Å²) in [5, 5.41) is 8.86. The van der Waals surface area contributed by atoms with Gasteiger partial charge in [0.1, 0.15) is 12.1 Å². The van der Waals surface area contributed by atoms with Gasteiger partial charge >= 0.3 is 5.97 Å². The lowest BCUT2D eigenvalue weighted by Crippen LogP contribution is -2.48. The molecular weight excluding hydrogens is 218 g/mol. The van der Waals surface area contributed by atoms with E-state index in [1.807, 2.05) is 6.92 Å². The Kier molecular flexibility index (Phi) is 3.98. The summed E-state index contributed by atoms with van der Waals surface area (Å²) in [6.45, 7) is 3.45. The highest BCUT2D eigenvalue weighted by molar-refractivity contribution is 8.00. The molecule has 5 nitrogen and oxygen atoms in total. The van der Waals surface area contributed by atoms with E-state index in [4.69, 9.17) is 9.84 Å². The second kappa shape index (κ2) is 4.85. The predicted octanol–water partition coefficient (Wildman–Crippen LogP) is 0.396. The molecule has 1 N–H and O–H groups in total. The van der Waals surface area contributed by atoms with E-state index in [9.17, 15) is 9.59 Å². The second-order valence-corrected chi connectivity index (χ2v) is 4.76. The minimum absolute atomic E-state index is 0.101. The molecule has 1 amide bonds. The van der Waals surface area contributed by atoms with Crippen molar-refractivity contribution in [2.24, 2.45) is 0 Å². The van der Waals surface area contributed by atoms with Crippen molar-refractivity contribution in [3.8, 4) is 0 Å². The van der Waals surface area contributed by atoms with Crippen LogP contribution in [-0.4, -0.2) is 52.3 Å². The largest absolute Gasteiger partial charge is 0.480 e. The summed E-state index contributed by atoms with van der Waals surface area (Å²) in [5.41, 5.74) is 0. The molecule has 3 atom stereocenters. The summed E-state index contributed by atoms with van der Waals surface area (Å²) in [6, 6.07) is -0.727. The van der Waals surface area contributed by atoms with E-state index < -0.39 is 18.1 Å². The number of carbonyl (C=O) groups excluding carboxylic acids is 1. The molecule has 0 aromatic rings. The summed E-state index contributed by atoms with van der Waals surface area (Å²) < 4.78 is 4.91. The molecule has 3 unspecified atom stereocenters. The molecule has 0 spiro atoms. The van der Waals surface area contributed by atoms with Gasteiger partial charge in [-0.15, -0.1) is 11.8 Å². The van der Waals surface area contributed by atoms with Crippen molar-refractivity contribution in [3.63, 3.8) is 0 Å². The number of amides is 1. The molecule has 86 valence electrons. The molecule has 15 heavy (non-hydrogen) atoms. The van der Waals surface area contributed by atoms with Crippen LogP contribution in [0.15, 0.2) is 0 Å². The van der Waals surface area contributed by atoms with E-state index in [1.54, 1.807) is 6.92 Å². The Morgan fingerprint density at radius 2 is 2.20 bits per heavy atom. The average Bonchev–Trinajstić information content (AvgIpc) is 2.58. The topological polar surface area (TPSA) is 66.8 Å². The molecule has 0 saturated carbocycles. The van der Waals surface area contributed by atoms with E-state index in [1.165, 1.54) is 23.8 Å². The molecule has 6 heteroatoms. The molecule has 0 radical (unpaired) electrons. The SMILES string of the molecule is COC(C)C(=O)N1C(C)SCC1C(=O)O. The lowest BCUT2D eigenvalue weighted by molar-refractivity contribution is -0.153. The van der Waals surface area contributed by atoms with Crippen molar-refractivity contribution in [1.29, 1.82) is 0 Å². The quantitative estimate of drug-likeness (QED) is 0.764. The standard InChI is InChI=1S/C9H15NO4S/c1-5(14-3)8(11)10-6(2)15-4-7(10)9(12)13/h5-7H,4H2,1-3H3,(H,12,13). The summed E-state index contributed by atoms with van der Waals surface area (Å²) in [5.74, 6) is -0.774. The maximum absolute atomic E-state index is 11.8. The van der Waals surface area contributed by atoms with Gasteiger partial charge < -0.3 is 14.7 Å². The van der Waals surface area contributed by atoms with E-state index in [2.05, 4.69) is 0 Å². The average molecular weight is 233 g/mol. The molecule has 0 bridgehead atoms. The first-order valence-electron chi connectivity index (χ1n) is 4.68. The highest BCUT2D eigenvalue weighted by Crippen LogP contribution is 2.29. The molecule has 0 aromatic heterocycles. The Morgan fingerprint density at radius 3 is 2.67 bits per heavy atom. The second-order valence-electron chi connectivity index (χ2n) is 3.41. The number of rotatable bonds is 3. The molecule has 1 rings (SSSR count). The first kappa shape index (κ1) is 12.3. The van der Waals surface area contributed by atoms with E-state index in [-0.39, 0.29) is 11.3 Å². The maximum atomic E-state index is 11.8. The van der Waals surface area contributed by atoms with E-state index in [0.717, 1.165) is 0 Å². The molecule has 0 aromatic carbocycles. The van der Waals surface area contributed by atoms with Crippen molar-refractivity contribution in [3.05, 3.63) is 0 Å². The van der Waals surface area contributed by atoms with Gasteiger partial charge in [-0.2, -0.15) is 0 Å². The van der Waals surface area contributed by atoms with Crippen LogP contribution in [0.3, 0.4) is 0 Å². The molecule has 0 aliphatic carbocycles. The van der Waals surface area contributed by atoms with E-state index >= 15 is 0 Å². The van der Waals surface area contributed by atoms with Crippen LogP contribution in [0.1, 0.15) is 13.8 Å². The molecule has 1 heterocycles. The van der Waals surface area contributed by atoms with Crippen LogP contribution in [-0.2, 0) is 14.3 Å². The number of methoxy groups -OCH3 is 1. The third-order valence-electron chi connectivity index (χ3n) is 2.46. The zero-order chi connectivity index (χ0) is 11.6. The normalized spacial score (nSPS) is 27.8. The van der Waals surface area contributed by atoms with Crippen molar-refractivity contribution in [1.82, 2.24) is 4.90 Å². The fourth-order valence-electron chi connectivity index (χ4n) is 1.48. The highest BCUT2D eigenvalue weighted by atomic mass is 32.2. The molecular formula is C9H15NO4S. The van der Waals surface area contributed by atoms with Gasteiger partial charge in [-0.25, -0.2) is 4.79 Å². The number of hydrogen-bond acceptors (Lipinski definition) is 4. The lowest BCUT2D eigenvalue weighted by Gasteiger charge is -2.27. The minimum atomic E-state index is -0.955. The zero-order valence-corrected chi connectivity index (χ0v) is 9.78. The number of aliphatic carboxylic acids is 1. The van der Waals surface area contributed by atoms with Gasteiger partial charge in [-0.3, -0.25) is 4.79 Å². The molecule has 1 aliphatic rings. The van der Waals surface area contributed by atoms with Crippen LogP contribution in [0.4, 0.5) is 0 Å². The third kappa shape index (κ3) is 2.43. The van der Waals surface area contributed by atoms with Crippen LogP contribution in [0.2, 0.25) is 0 Å². The smallest absolute Gasteiger partial charge is 0.327 e. The Balaban J connectivity index is 2.80. The Labute approximate surface area is 92.8 Å². The number of thioether (sulfide) groups is 1. The molecule has 1 aliphatic heterocycles. The van der Waals surface area contributed by atoms with Gasteiger partial charge in [0.05, 0.1) is 5.37 Å². The Morgan fingerprint density at radius 1 is 1.60 bits per heavy atom. The third-order valence-corrected chi connectivity index (χ3v) is 3.68.